The van der Waals surface area contributed by atoms with Crippen LogP contribution in [0, 0.1) is 11.3 Å². The lowest BCUT2D eigenvalue weighted by Gasteiger charge is -2.48. The minimum absolute atomic E-state index is 0.167. The van der Waals surface area contributed by atoms with E-state index in [1.807, 2.05) is 13.8 Å². The third-order valence-electron chi connectivity index (χ3n) is 3.70. The number of halogens is 1. The van der Waals surface area contributed by atoms with E-state index in [4.69, 9.17) is 0 Å². The van der Waals surface area contributed by atoms with Crippen LogP contribution in [-0.2, 0) is 0 Å². The standard InChI is InChI=1S/C9H15F.C2H6/c1-7-6-8(10)9(7)4-2-3-5-9;1-2/h7-8H,2-6H2,1H3;1-2H3. The Morgan fingerprint density at radius 3 is 1.92 bits per heavy atom. The predicted molar refractivity (Wildman–Crippen MR) is 50.9 cm³/mol. The van der Waals surface area contributed by atoms with Gasteiger partial charge in [0.2, 0.25) is 0 Å². The highest BCUT2D eigenvalue weighted by molar-refractivity contribution is 5.03. The van der Waals surface area contributed by atoms with Gasteiger partial charge in [0.25, 0.3) is 0 Å². The SMILES string of the molecule is CC.CC1CC(F)C12CCCC2. The fourth-order valence-corrected chi connectivity index (χ4v) is 2.77. The summed E-state index contributed by atoms with van der Waals surface area (Å²) in [5.74, 6) is 0.671. The molecule has 0 saturated heterocycles. The van der Waals surface area contributed by atoms with Crippen LogP contribution in [0.3, 0.4) is 0 Å². The van der Waals surface area contributed by atoms with Crippen molar-refractivity contribution in [2.45, 2.75) is 59.0 Å². The van der Waals surface area contributed by atoms with E-state index in [1.54, 1.807) is 0 Å². The topological polar surface area (TPSA) is 0 Å². The number of rotatable bonds is 0. The van der Waals surface area contributed by atoms with E-state index in [0.29, 0.717) is 5.92 Å². The average Bonchev–Trinajstić information content (AvgIpc) is 2.59. The number of hydrogen-bond acceptors (Lipinski definition) is 0. The van der Waals surface area contributed by atoms with Gasteiger partial charge in [-0.15, -0.1) is 0 Å². The summed E-state index contributed by atoms with van der Waals surface area (Å²) in [6, 6.07) is 0. The molecule has 0 bridgehead atoms. The van der Waals surface area contributed by atoms with Crippen LogP contribution in [0.2, 0.25) is 0 Å². The van der Waals surface area contributed by atoms with Crippen molar-refractivity contribution in [2.24, 2.45) is 11.3 Å². The summed E-state index contributed by atoms with van der Waals surface area (Å²) in [6.45, 7) is 6.21. The summed E-state index contributed by atoms with van der Waals surface area (Å²) in [7, 11) is 0. The smallest absolute Gasteiger partial charge is 0.106 e. The van der Waals surface area contributed by atoms with Gasteiger partial charge in [-0.25, -0.2) is 4.39 Å². The van der Waals surface area contributed by atoms with E-state index in [0.717, 1.165) is 19.3 Å². The summed E-state index contributed by atoms with van der Waals surface area (Å²) < 4.78 is 13.1. The van der Waals surface area contributed by atoms with Gasteiger partial charge < -0.3 is 0 Å². The van der Waals surface area contributed by atoms with E-state index in [1.165, 1.54) is 12.8 Å². The Morgan fingerprint density at radius 2 is 1.67 bits per heavy atom. The molecule has 0 aromatic carbocycles. The van der Waals surface area contributed by atoms with Gasteiger partial charge in [0.1, 0.15) is 6.17 Å². The maximum Gasteiger partial charge on any atom is 0.106 e. The Bertz CT molecular complexity index is 126. The van der Waals surface area contributed by atoms with E-state index < -0.39 is 6.17 Å². The first-order chi connectivity index (χ1) is 5.76. The lowest BCUT2D eigenvalue weighted by atomic mass is 9.58. The molecule has 0 heterocycles. The van der Waals surface area contributed by atoms with Gasteiger partial charge in [-0.1, -0.05) is 33.6 Å². The fourth-order valence-electron chi connectivity index (χ4n) is 2.77. The van der Waals surface area contributed by atoms with Gasteiger partial charge in [-0.3, -0.25) is 0 Å². The van der Waals surface area contributed by atoms with Crippen LogP contribution >= 0.6 is 0 Å². The zero-order chi connectivity index (χ0) is 9.19. The van der Waals surface area contributed by atoms with Crippen molar-refractivity contribution in [3.05, 3.63) is 0 Å². The lowest BCUT2D eigenvalue weighted by molar-refractivity contribution is -0.0593. The molecule has 0 aromatic rings. The van der Waals surface area contributed by atoms with Crippen molar-refractivity contribution in [2.75, 3.05) is 0 Å². The third kappa shape index (κ3) is 1.27. The molecule has 12 heavy (non-hydrogen) atoms. The molecule has 0 nitrogen and oxygen atoms in total. The molecule has 2 unspecified atom stereocenters. The molecule has 0 radical (unpaired) electrons. The first kappa shape index (κ1) is 10.0. The second kappa shape index (κ2) is 3.76. The first-order valence-electron chi connectivity index (χ1n) is 5.40. The second-order valence-electron chi connectivity index (χ2n) is 4.04. The minimum Gasteiger partial charge on any atom is -0.247 e. The highest BCUT2D eigenvalue weighted by Crippen LogP contribution is 2.58. The molecular formula is C11H21F. The van der Waals surface area contributed by atoms with Crippen molar-refractivity contribution in [3.8, 4) is 0 Å². The van der Waals surface area contributed by atoms with Crippen LogP contribution in [0.15, 0.2) is 0 Å². The summed E-state index contributed by atoms with van der Waals surface area (Å²) >= 11 is 0. The van der Waals surface area contributed by atoms with Crippen LogP contribution < -0.4 is 0 Å². The maximum atomic E-state index is 13.1. The third-order valence-corrected chi connectivity index (χ3v) is 3.70. The highest BCUT2D eigenvalue weighted by Gasteiger charge is 2.54. The van der Waals surface area contributed by atoms with Crippen LogP contribution in [0.5, 0.6) is 0 Å². The minimum atomic E-state index is -0.454. The van der Waals surface area contributed by atoms with Crippen LogP contribution in [-0.4, -0.2) is 6.17 Å². The van der Waals surface area contributed by atoms with Crippen LogP contribution in [0.25, 0.3) is 0 Å². The van der Waals surface area contributed by atoms with Gasteiger partial charge in [-0.2, -0.15) is 0 Å². The van der Waals surface area contributed by atoms with E-state index >= 15 is 0 Å². The van der Waals surface area contributed by atoms with Gasteiger partial charge in [0.15, 0.2) is 0 Å². The molecule has 2 atom stereocenters. The number of alkyl halides is 1. The van der Waals surface area contributed by atoms with Gasteiger partial charge in [-0.05, 0) is 25.2 Å². The first-order valence-corrected chi connectivity index (χ1v) is 5.40. The Balaban J connectivity index is 0.000000336. The van der Waals surface area contributed by atoms with Gasteiger partial charge >= 0.3 is 0 Å². The monoisotopic (exact) mass is 172 g/mol. The molecule has 2 fully saturated rings. The molecule has 0 aromatic heterocycles. The van der Waals surface area contributed by atoms with Crippen molar-refractivity contribution in [1.29, 1.82) is 0 Å². The van der Waals surface area contributed by atoms with Crippen molar-refractivity contribution >= 4 is 0 Å². The molecule has 2 aliphatic rings. The van der Waals surface area contributed by atoms with Gasteiger partial charge in [0.05, 0.1) is 0 Å². The molecule has 0 amide bonds. The molecule has 2 saturated carbocycles. The zero-order valence-corrected chi connectivity index (χ0v) is 8.57. The summed E-state index contributed by atoms with van der Waals surface area (Å²) in [4.78, 5) is 0. The molecule has 2 aliphatic carbocycles. The maximum absolute atomic E-state index is 13.1. The quantitative estimate of drug-likeness (QED) is 0.519. The summed E-state index contributed by atoms with van der Waals surface area (Å²) in [6.07, 6.45) is 5.24. The largest absolute Gasteiger partial charge is 0.247 e. The normalized spacial score (nSPS) is 37.0. The Morgan fingerprint density at radius 1 is 1.17 bits per heavy atom. The van der Waals surface area contributed by atoms with Crippen LogP contribution in [0.4, 0.5) is 4.39 Å². The average molecular weight is 172 g/mol. The van der Waals surface area contributed by atoms with E-state index in [2.05, 4.69) is 6.92 Å². The lowest BCUT2D eigenvalue weighted by Crippen LogP contribution is -2.47. The predicted octanol–water partition coefficient (Wildman–Crippen LogP) is 3.95. The Labute approximate surface area is 75.5 Å². The second-order valence-corrected chi connectivity index (χ2v) is 4.04. The fraction of sp³-hybridized carbons (Fsp3) is 1.00. The molecule has 0 N–H and O–H groups in total. The van der Waals surface area contributed by atoms with Crippen molar-refractivity contribution in [1.82, 2.24) is 0 Å². The highest BCUT2D eigenvalue weighted by atomic mass is 19.1. The number of hydrogen-bond donors (Lipinski definition) is 0. The molecule has 1 heteroatoms. The molecule has 2 rings (SSSR count). The van der Waals surface area contributed by atoms with E-state index in [-0.39, 0.29) is 5.41 Å². The molecule has 1 spiro atoms. The Kier molecular flexibility index (Phi) is 3.14. The molecular weight excluding hydrogens is 151 g/mol. The van der Waals surface area contributed by atoms with Crippen molar-refractivity contribution in [3.63, 3.8) is 0 Å². The van der Waals surface area contributed by atoms with Crippen molar-refractivity contribution < 1.29 is 4.39 Å². The molecule has 72 valence electrons. The summed E-state index contributed by atoms with van der Waals surface area (Å²) in [5, 5.41) is 0. The van der Waals surface area contributed by atoms with Crippen LogP contribution in [0.1, 0.15) is 52.9 Å². The Hall–Kier alpha value is -0.0700. The molecule has 0 aliphatic heterocycles. The zero-order valence-electron chi connectivity index (χ0n) is 8.57. The van der Waals surface area contributed by atoms with E-state index in [9.17, 15) is 4.39 Å². The van der Waals surface area contributed by atoms with Gasteiger partial charge in [0, 0.05) is 5.41 Å². The summed E-state index contributed by atoms with van der Waals surface area (Å²) in [5.41, 5.74) is 0.167.